The van der Waals surface area contributed by atoms with E-state index in [4.69, 9.17) is 9.47 Å². The van der Waals surface area contributed by atoms with Gasteiger partial charge in [0.15, 0.2) is 0 Å². The molecule has 3 aliphatic heterocycles. The zero-order chi connectivity index (χ0) is 26.3. The van der Waals surface area contributed by atoms with Crippen molar-refractivity contribution in [1.29, 1.82) is 0 Å². The third-order valence-electron chi connectivity index (χ3n) is 8.42. The number of nitrogens with one attached hydrogen (secondary N) is 1. The van der Waals surface area contributed by atoms with Gasteiger partial charge >= 0.3 is 5.97 Å². The molecule has 0 saturated carbocycles. The van der Waals surface area contributed by atoms with E-state index in [2.05, 4.69) is 24.1 Å². The summed E-state index contributed by atoms with van der Waals surface area (Å²) in [5, 5.41) is 12.5. The van der Waals surface area contributed by atoms with Crippen LogP contribution in [-0.2, 0) is 23.9 Å². The lowest BCUT2D eigenvalue weighted by atomic mass is 9.62. The number of benzene rings is 1. The third kappa shape index (κ3) is 3.96. The van der Waals surface area contributed by atoms with Crippen LogP contribution in [0.1, 0.15) is 47.5 Å². The number of hydrogen-bond donors (Lipinski definition) is 2. The van der Waals surface area contributed by atoms with Crippen LogP contribution in [0.25, 0.3) is 0 Å². The summed E-state index contributed by atoms with van der Waals surface area (Å²) in [5.74, 6) is -2.71. The zero-order valence-corrected chi connectivity index (χ0v) is 22.0. The molecule has 198 valence electrons. The second-order valence-electron chi connectivity index (χ2n) is 10.3. The number of ether oxygens (including phenoxy) is 2. The first-order valence-electron chi connectivity index (χ1n) is 13.1. The maximum atomic E-state index is 13.8. The summed E-state index contributed by atoms with van der Waals surface area (Å²) in [4.78, 5) is 44.4. The molecule has 3 heterocycles. The molecule has 6 atom stereocenters. The van der Waals surface area contributed by atoms with Crippen molar-refractivity contribution in [2.75, 3.05) is 43.1 Å². The molecule has 3 aliphatic rings. The molecule has 3 unspecified atom stereocenters. The minimum absolute atomic E-state index is 0.0441. The highest BCUT2D eigenvalue weighted by molar-refractivity contribution is 6.03. The van der Waals surface area contributed by atoms with Gasteiger partial charge in [-0.25, -0.2) is 0 Å². The maximum Gasteiger partial charge on any atom is 0.312 e. The number of nitrogens with zero attached hydrogens (tertiary/aromatic N) is 2. The quantitative estimate of drug-likeness (QED) is 0.474. The lowest BCUT2D eigenvalue weighted by Gasteiger charge is -2.35. The van der Waals surface area contributed by atoms with Gasteiger partial charge in [-0.2, -0.15) is 0 Å². The van der Waals surface area contributed by atoms with Gasteiger partial charge in [0, 0.05) is 37.6 Å². The number of esters is 1. The summed E-state index contributed by atoms with van der Waals surface area (Å²) in [6, 6.07) is 6.73. The highest BCUT2D eigenvalue weighted by atomic mass is 16.6. The van der Waals surface area contributed by atoms with Gasteiger partial charge in [0.1, 0.15) is 17.6 Å². The number of carbonyl (C=O) groups excluding carboxylic acids is 3. The standard InChI is InChI=1S/C27H39N3O6/c1-6-29(7-2)19-12-10-18(11-13-19)28-23(32)22-27-16-17(4)26(5,36-27)21(25(34)35-8-3)20(27)24(33)30(22)14-9-15-31/h10-13,17,20-22,31H,6-9,14-16H2,1-5H3,(H,28,32)/t17?,20-,21+,22?,26-,27?/m0/s1. The molecule has 2 bridgehead atoms. The highest BCUT2D eigenvalue weighted by Crippen LogP contribution is 2.65. The number of aliphatic hydroxyl groups excluding tert-OH is 1. The van der Waals surface area contributed by atoms with E-state index in [9.17, 15) is 19.5 Å². The molecular weight excluding hydrogens is 462 g/mol. The first-order valence-corrected chi connectivity index (χ1v) is 13.1. The Bertz CT molecular complexity index is 996. The van der Waals surface area contributed by atoms with Crippen LogP contribution >= 0.6 is 0 Å². The van der Waals surface area contributed by atoms with Crippen molar-refractivity contribution in [3.05, 3.63) is 24.3 Å². The molecule has 0 aromatic heterocycles. The Balaban J connectivity index is 1.67. The number of fused-ring (bicyclic) bond motifs is 1. The molecule has 1 aromatic carbocycles. The zero-order valence-electron chi connectivity index (χ0n) is 22.0. The van der Waals surface area contributed by atoms with E-state index in [-0.39, 0.29) is 37.5 Å². The molecular formula is C27H39N3O6. The lowest BCUT2D eigenvalue weighted by molar-refractivity contribution is -0.160. The molecule has 36 heavy (non-hydrogen) atoms. The van der Waals surface area contributed by atoms with E-state index < -0.39 is 35.0 Å². The number of aliphatic hydroxyl groups is 1. The number of likely N-dealkylation sites (tertiary alicyclic amines) is 1. The Hall–Kier alpha value is -2.65. The van der Waals surface area contributed by atoms with Gasteiger partial charge in [-0.1, -0.05) is 6.92 Å². The van der Waals surface area contributed by atoms with Crippen LogP contribution in [0.3, 0.4) is 0 Å². The van der Waals surface area contributed by atoms with Crippen molar-refractivity contribution < 1.29 is 29.0 Å². The highest BCUT2D eigenvalue weighted by Gasteiger charge is 2.80. The Kier molecular flexibility index (Phi) is 7.35. The number of amides is 2. The number of hydrogen-bond acceptors (Lipinski definition) is 7. The molecule has 3 saturated heterocycles. The van der Waals surface area contributed by atoms with Crippen LogP contribution < -0.4 is 10.2 Å². The molecule has 0 radical (unpaired) electrons. The predicted octanol–water partition coefficient (Wildman–Crippen LogP) is 2.43. The Morgan fingerprint density at radius 2 is 1.89 bits per heavy atom. The van der Waals surface area contributed by atoms with E-state index in [0.29, 0.717) is 18.5 Å². The summed E-state index contributed by atoms with van der Waals surface area (Å²) in [5.41, 5.74) is -0.323. The van der Waals surface area contributed by atoms with Gasteiger partial charge in [-0.3, -0.25) is 14.4 Å². The van der Waals surface area contributed by atoms with Crippen molar-refractivity contribution in [3.8, 4) is 0 Å². The van der Waals surface area contributed by atoms with Crippen LogP contribution in [0.15, 0.2) is 24.3 Å². The van der Waals surface area contributed by atoms with E-state index in [1.54, 1.807) is 6.92 Å². The second kappa shape index (κ2) is 10.0. The Morgan fingerprint density at radius 3 is 2.47 bits per heavy atom. The predicted molar refractivity (Wildman–Crippen MR) is 135 cm³/mol. The van der Waals surface area contributed by atoms with Crippen molar-refractivity contribution in [2.45, 2.75) is 64.7 Å². The third-order valence-corrected chi connectivity index (χ3v) is 8.42. The maximum absolute atomic E-state index is 13.8. The average molecular weight is 502 g/mol. The number of rotatable bonds is 10. The number of anilines is 2. The molecule has 4 rings (SSSR count). The van der Waals surface area contributed by atoms with E-state index >= 15 is 0 Å². The fourth-order valence-electron chi connectivity index (χ4n) is 6.67. The van der Waals surface area contributed by atoms with Gasteiger partial charge in [-0.15, -0.1) is 0 Å². The fraction of sp³-hybridized carbons (Fsp3) is 0.667. The van der Waals surface area contributed by atoms with Crippen molar-refractivity contribution in [2.24, 2.45) is 17.8 Å². The van der Waals surface area contributed by atoms with Crippen LogP contribution in [-0.4, -0.2) is 77.9 Å². The van der Waals surface area contributed by atoms with E-state index in [0.717, 1.165) is 18.8 Å². The molecule has 9 nitrogen and oxygen atoms in total. The van der Waals surface area contributed by atoms with Gasteiger partial charge in [0.05, 0.1) is 18.1 Å². The van der Waals surface area contributed by atoms with Crippen molar-refractivity contribution in [1.82, 2.24) is 4.90 Å². The second-order valence-corrected chi connectivity index (χ2v) is 10.3. The normalized spacial score (nSPS) is 32.5. The minimum atomic E-state index is -1.12. The summed E-state index contributed by atoms with van der Waals surface area (Å²) in [7, 11) is 0. The van der Waals surface area contributed by atoms with Crippen LogP contribution in [0.5, 0.6) is 0 Å². The smallest absolute Gasteiger partial charge is 0.312 e. The summed E-state index contributed by atoms with van der Waals surface area (Å²) in [6.45, 7) is 11.8. The summed E-state index contributed by atoms with van der Waals surface area (Å²) in [6.07, 6.45) is 0.818. The van der Waals surface area contributed by atoms with Gasteiger partial charge in [0.2, 0.25) is 11.8 Å². The van der Waals surface area contributed by atoms with E-state index in [1.807, 2.05) is 38.1 Å². The van der Waals surface area contributed by atoms with E-state index in [1.165, 1.54) is 4.90 Å². The Labute approximate surface area is 213 Å². The number of carbonyl (C=O) groups is 3. The summed E-state index contributed by atoms with van der Waals surface area (Å²) >= 11 is 0. The molecule has 1 spiro atoms. The van der Waals surface area contributed by atoms with Crippen LogP contribution in [0.2, 0.25) is 0 Å². The van der Waals surface area contributed by atoms with Crippen molar-refractivity contribution >= 4 is 29.2 Å². The largest absolute Gasteiger partial charge is 0.466 e. The first kappa shape index (κ1) is 26.4. The minimum Gasteiger partial charge on any atom is -0.466 e. The Morgan fingerprint density at radius 1 is 1.22 bits per heavy atom. The van der Waals surface area contributed by atoms with Gasteiger partial charge < -0.3 is 29.7 Å². The van der Waals surface area contributed by atoms with Crippen molar-refractivity contribution in [3.63, 3.8) is 0 Å². The topological polar surface area (TPSA) is 108 Å². The van der Waals surface area contributed by atoms with Gasteiger partial charge in [-0.05, 0) is 70.7 Å². The summed E-state index contributed by atoms with van der Waals surface area (Å²) < 4.78 is 12.0. The molecule has 3 fully saturated rings. The fourth-order valence-corrected chi connectivity index (χ4v) is 6.67. The molecule has 2 amide bonds. The molecule has 9 heteroatoms. The average Bonchev–Trinajstić information content (AvgIpc) is 3.36. The molecule has 0 aliphatic carbocycles. The monoisotopic (exact) mass is 501 g/mol. The molecule has 1 aromatic rings. The first-order chi connectivity index (χ1) is 17.2. The molecule has 2 N–H and O–H groups in total. The van der Waals surface area contributed by atoms with Crippen LogP contribution in [0, 0.1) is 17.8 Å². The van der Waals surface area contributed by atoms with Crippen LogP contribution in [0.4, 0.5) is 11.4 Å². The SMILES string of the molecule is CCOC(=O)[C@H]1[C@H]2C(=O)N(CCCO)C(C(=O)Nc3ccc(N(CC)CC)cc3)C23CC(C)[C@]1(C)O3. The van der Waals surface area contributed by atoms with Gasteiger partial charge in [0.25, 0.3) is 0 Å². The lowest BCUT2D eigenvalue weighted by Crippen LogP contribution is -2.54.